The van der Waals surface area contributed by atoms with E-state index in [9.17, 15) is 9.18 Å². The summed E-state index contributed by atoms with van der Waals surface area (Å²) in [6.07, 6.45) is 0.291. The Balaban J connectivity index is 1.44. The van der Waals surface area contributed by atoms with Crippen LogP contribution in [0.2, 0.25) is 0 Å². The van der Waals surface area contributed by atoms with Crippen molar-refractivity contribution in [2.75, 3.05) is 12.4 Å². The second-order valence-corrected chi connectivity index (χ2v) is 6.56. The van der Waals surface area contributed by atoms with Crippen LogP contribution in [0.4, 0.5) is 10.1 Å². The molecule has 4 aromatic rings. The molecule has 5 heteroatoms. The fourth-order valence-electron chi connectivity index (χ4n) is 3.13. The van der Waals surface area contributed by atoms with Crippen LogP contribution in [-0.4, -0.2) is 18.0 Å². The first-order chi connectivity index (χ1) is 13.6. The Morgan fingerprint density at radius 2 is 1.75 bits per heavy atom. The van der Waals surface area contributed by atoms with E-state index in [0.717, 1.165) is 39.2 Å². The molecule has 0 radical (unpaired) electrons. The highest BCUT2D eigenvalue weighted by molar-refractivity contribution is 5.92. The van der Waals surface area contributed by atoms with Crippen LogP contribution >= 0.6 is 0 Å². The van der Waals surface area contributed by atoms with E-state index in [2.05, 4.69) is 10.3 Å². The first-order valence-electron chi connectivity index (χ1n) is 8.92. The quantitative estimate of drug-likeness (QED) is 0.507. The molecule has 0 spiro atoms. The van der Waals surface area contributed by atoms with E-state index < -0.39 is 0 Å². The molecule has 2 N–H and O–H groups in total. The van der Waals surface area contributed by atoms with Crippen LogP contribution in [0.3, 0.4) is 0 Å². The molecule has 140 valence electrons. The summed E-state index contributed by atoms with van der Waals surface area (Å²) >= 11 is 0. The van der Waals surface area contributed by atoms with Crippen molar-refractivity contribution in [2.45, 2.75) is 6.42 Å². The van der Waals surface area contributed by atoms with Crippen molar-refractivity contribution < 1.29 is 13.9 Å². The van der Waals surface area contributed by atoms with Crippen molar-refractivity contribution in [2.24, 2.45) is 0 Å². The number of methoxy groups -OCH3 is 1. The van der Waals surface area contributed by atoms with E-state index in [4.69, 9.17) is 4.74 Å². The summed E-state index contributed by atoms with van der Waals surface area (Å²) in [6.45, 7) is 0. The number of halogens is 1. The van der Waals surface area contributed by atoms with Gasteiger partial charge in [0.05, 0.1) is 13.5 Å². The van der Waals surface area contributed by atoms with Crippen LogP contribution in [0.5, 0.6) is 5.75 Å². The summed E-state index contributed by atoms with van der Waals surface area (Å²) in [5.41, 5.74) is 4.39. The fraction of sp³-hybridized carbons (Fsp3) is 0.0870. The lowest BCUT2D eigenvalue weighted by atomic mass is 10.1. The lowest BCUT2D eigenvalue weighted by Crippen LogP contribution is -2.14. The maximum atomic E-state index is 13.4. The lowest BCUT2D eigenvalue weighted by Gasteiger charge is -2.07. The van der Waals surface area contributed by atoms with Gasteiger partial charge in [-0.1, -0.05) is 24.3 Å². The van der Waals surface area contributed by atoms with Crippen LogP contribution in [-0.2, 0) is 11.2 Å². The monoisotopic (exact) mass is 374 g/mol. The molecule has 0 unspecified atom stereocenters. The van der Waals surface area contributed by atoms with Crippen molar-refractivity contribution in [3.8, 4) is 17.0 Å². The highest BCUT2D eigenvalue weighted by Crippen LogP contribution is 2.26. The van der Waals surface area contributed by atoms with Crippen LogP contribution in [0, 0.1) is 5.82 Å². The zero-order valence-corrected chi connectivity index (χ0v) is 15.3. The fourth-order valence-corrected chi connectivity index (χ4v) is 3.13. The standard InChI is InChI=1S/C23H19FN2O2/c1-28-20-9-2-15(3-10-20)12-23(27)25-19-7-4-16(5-8-19)22-14-17-13-18(24)6-11-21(17)26-22/h2-11,13-14,26H,12H2,1H3,(H,25,27). The molecule has 0 saturated heterocycles. The van der Waals surface area contributed by atoms with Crippen LogP contribution in [0.15, 0.2) is 72.8 Å². The number of anilines is 1. The number of fused-ring (bicyclic) bond motifs is 1. The van der Waals surface area contributed by atoms with E-state index >= 15 is 0 Å². The number of aromatic nitrogens is 1. The highest BCUT2D eigenvalue weighted by Gasteiger charge is 2.07. The zero-order chi connectivity index (χ0) is 19.5. The minimum Gasteiger partial charge on any atom is -0.497 e. The van der Waals surface area contributed by atoms with Crippen LogP contribution < -0.4 is 10.1 Å². The number of rotatable bonds is 5. The molecule has 1 aromatic heterocycles. The molecule has 3 aromatic carbocycles. The van der Waals surface area contributed by atoms with E-state index in [1.54, 1.807) is 13.2 Å². The Bertz CT molecular complexity index is 1120. The minimum atomic E-state index is -0.257. The van der Waals surface area contributed by atoms with Gasteiger partial charge in [0.2, 0.25) is 5.91 Å². The Morgan fingerprint density at radius 1 is 1.00 bits per heavy atom. The van der Waals surface area contributed by atoms with Crippen LogP contribution in [0.25, 0.3) is 22.2 Å². The molecule has 0 saturated carbocycles. The zero-order valence-electron chi connectivity index (χ0n) is 15.3. The topological polar surface area (TPSA) is 54.1 Å². The van der Waals surface area contributed by atoms with Crippen molar-refractivity contribution in [1.29, 1.82) is 0 Å². The van der Waals surface area contributed by atoms with Crippen molar-refractivity contribution >= 4 is 22.5 Å². The number of hydrogen-bond acceptors (Lipinski definition) is 2. The number of amides is 1. The van der Waals surface area contributed by atoms with Gasteiger partial charge in [0.1, 0.15) is 11.6 Å². The number of aromatic amines is 1. The Morgan fingerprint density at radius 3 is 2.46 bits per heavy atom. The molecule has 4 rings (SSSR count). The van der Waals surface area contributed by atoms with E-state index in [0.29, 0.717) is 6.42 Å². The molecule has 4 nitrogen and oxygen atoms in total. The van der Waals surface area contributed by atoms with Gasteiger partial charge in [-0.25, -0.2) is 4.39 Å². The predicted molar refractivity (Wildman–Crippen MR) is 109 cm³/mol. The molecule has 1 heterocycles. The lowest BCUT2D eigenvalue weighted by molar-refractivity contribution is -0.115. The molecule has 0 fully saturated rings. The smallest absolute Gasteiger partial charge is 0.228 e. The van der Waals surface area contributed by atoms with Gasteiger partial charge >= 0.3 is 0 Å². The second kappa shape index (κ2) is 7.56. The molecule has 0 aliphatic carbocycles. The summed E-state index contributed by atoms with van der Waals surface area (Å²) in [4.78, 5) is 15.5. The number of carbonyl (C=O) groups is 1. The Kier molecular flexibility index (Phi) is 4.81. The van der Waals surface area contributed by atoms with Gasteiger partial charge in [-0.3, -0.25) is 4.79 Å². The minimum absolute atomic E-state index is 0.0843. The average molecular weight is 374 g/mol. The largest absolute Gasteiger partial charge is 0.497 e. The number of nitrogens with one attached hydrogen (secondary N) is 2. The first-order valence-corrected chi connectivity index (χ1v) is 8.92. The third-order valence-electron chi connectivity index (χ3n) is 4.59. The molecular weight excluding hydrogens is 355 g/mol. The number of carbonyl (C=O) groups excluding carboxylic acids is 1. The van der Waals surface area contributed by atoms with E-state index in [-0.39, 0.29) is 11.7 Å². The third kappa shape index (κ3) is 3.88. The molecule has 0 aliphatic rings. The Labute approximate surface area is 162 Å². The maximum absolute atomic E-state index is 13.4. The van der Waals surface area contributed by atoms with Gasteiger partial charge < -0.3 is 15.0 Å². The predicted octanol–water partition coefficient (Wildman–Crippen LogP) is 5.16. The van der Waals surface area contributed by atoms with Crippen molar-refractivity contribution in [1.82, 2.24) is 4.98 Å². The number of hydrogen-bond donors (Lipinski definition) is 2. The average Bonchev–Trinajstić information content (AvgIpc) is 3.12. The normalized spacial score (nSPS) is 10.8. The SMILES string of the molecule is COc1ccc(CC(=O)Nc2ccc(-c3cc4cc(F)ccc4[nH]3)cc2)cc1. The summed E-state index contributed by atoms with van der Waals surface area (Å²) in [6, 6.07) is 21.5. The van der Waals surface area contributed by atoms with Gasteiger partial charge in [-0.15, -0.1) is 0 Å². The number of benzene rings is 3. The summed E-state index contributed by atoms with van der Waals surface area (Å²) in [7, 11) is 1.61. The molecule has 28 heavy (non-hydrogen) atoms. The van der Waals surface area contributed by atoms with Gasteiger partial charge in [0, 0.05) is 22.3 Å². The molecule has 0 aliphatic heterocycles. The molecule has 0 bridgehead atoms. The van der Waals surface area contributed by atoms with Crippen molar-refractivity contribution in [3.05, 3.63) is 84.2 Å². The first kappa shape index (κ1) is 17.8. The van der Waals surface area contributed by atoms with E-state index in [1.807, 2.05) is 54.6 Å². The van der Waals surface area contributed by atoms with E-state index in [1.165, 1.54) is 12.1 Å². The van der Waals surface area contributed by atoms with Gasteiger partial charge in [0.25, 0.3) is 0 Å². The van der Waals surface area contributed by atoms with Gasteiger partial charge in [-0.05, 0) is 59.7 Å². The summed E-state index contributed by atoms with van der Waals surface area (Å²) < 4.78 is 18.5. The number of H-pyrrole nitrogens is 1. The molecular formula is C23H19FN2O2. The highest BCUT2D eigenvalue weighted by atomic mass is 19.1. The second-order valence-electron chi connectivity index (χ2n) is 6.56. The van der Waals surface area contributed by atoms with Gasteiger partial charge in [0.15, 0.2) is 0 Å². The molecule has 0 atom stereocenters. The molecule has 1 amide bonds. The summed E-state index contributed by atoms with van der Waals surface area (Å²) in [5, 5.41) is 3.73. The van der Waals surface area contributed by atoms with Crippen LogP contribution in [0.1, 0.15) is 5.56 Å². The Hall–Kier alpha value is -3.60. The third-order valence-corrected chi connectivity index (χ3v) is 4.59. The summed E-state index contributed by atoms with van der Waals surface area (Å²) in [5.74, 6) is 0.423. The maximum Gasteiger partial charge on any atom is 0.228 e. The van der Waals surface area contributed by atoms with Crippen molar-refractivity contribution in [3.63, 3.8) is 0 Å². The number of ether oxygens (including phenoxy) is 1. The van der Waals surface area contributed by atoms with Gasteiger partial charge in [-0.2, -0.15) is 0 Å².